The highest BCUT2D eigenvalue weighted by molar-refractivity contribution is 7.08. The number of carbonyl (C=O) groups excluding carboxylic acids is 1. The first-order valence-corrected chi connectivity index (χ1v) is 9.31. The van der Waals surface area contributed by atoms with Crippen LogP contribution in [0.25, 0.3) is 16.6 Å². The fraction of sp³-hybridized carbons (Fsp3) is 0.0476. The van der Waals surface area contributed by atoms with E-state index in [1.165, 1.54) is 11.3 Å². The average Bonchev–Trinajstić information content (AvgIpc) is 3.31. The summed E-state index contributed by atoms with van der Waals surface area (Å²) in [4.78, 5) is 23.3. The van der Waals surface area contributed by atoms with E-state index in [-0.39, 0.29) is 12.3 Å². The molecule has 0 saturated heterocycles. The molecule has 5 nitrogen and oxygen atoms in total. The number of benzene rings is 2. The SMILES string of the molecule is O=C(O)Cc1cn(-c2ccc(NC(=O)c3ccsc3)cc2)c2ccccc12. The van der Waals surface area contributed by atoms with Crippen molar-refractivity contribution >= 4 is 39.8 Å². The van der Waals surface area contributed by atoms with E-state index < -0.39 is 5.97 Å². The number of anilines is 1. The molecule has 0 spiro atoms. The van der Waals surface area contributed by atoms with Gasteiger partial charge in [0.25, 0.3) is 5.91 Å². The molecule has 4 rings (SSSR count). The van der Waals surface area contributed by atoms with Crippen LogP contribution < -0.4 is 5.32 Å². The largest absolute Gasteiger partial charge is 0.481 e. The summed E-state index contributed by atoms with van der Waals surface area (Å²) in [6.45, 7) is 0. The summed E-state index contributed by atoms with van der Waals surface area (Å²) in [7, 11) is 0. The van der Waals surface area contributed by atoms with E-state index in [1.807, 2.05) is 64.7 Å². The fourth-order valence-corrected chi connectivity index (χ4v) is 3.71. The standard InChI is InChI=1S/C21H16N2O3S/c24-20(25)11-15-12-23(19-4-2-1-3-18(15)19)17-7-5-16(6-8-17)22-21(26)14-9-10-27-13-14/h1-10,12-13H,11H2,(H,22,26)(H,24,25). The van der Waals surface area contributed by atoms with E-state index in [1.54, 1.807) is 11.4 Å². The van der Waals surface area contributed by atoms with Crippen LogP contribution in [0.4, 0.5) is 5.69 Å². The Bertz CT molecular complexity index is 1110. The number of amides is 1. The molecule has 27 heavy (non-hydrogen) atoms. The monoisotopic (exact) mass is 376 g/mol. The lowest BCUT2D eigenvalue weighted by Crippen LogP contribution is -2.10. The van der Waals surface area contributed by atoms with Gasteiger partial charge >= 0.3 is 5.97 Å². The van der Waals surface area contributed by atoms with Crippen molar-refractivity contribution in [2.24, 2.45) is 0 Å². The predicted octanol–water partition coefficient (Wildman–Crippen LogP) is 4.57. The molecule has 2 aromatic carbocycles. The van der Waals surface area contributed by atoms with E-state index in [0.29, 0.717) is 11.3 Å². The minimum Gasteiger partial charge on any atom is -0.481 e. The van der Waals surface area contributed by atoms with E-state index >= 15 is 0 Å². The van der Waals surface area contributed by atoms with Crippen molar-refractivity contribution in [2.45, 2.75) is 6.42 Å². The van der Waals surface area contributed by atoms with Gasteiger partial charge in [0, 0.05) is 28.3 Å². The normalized spacial score (nSPS) is 10.8. The summed E-state index contributed by atoms with van der Waals surface area (Å²) in [6, 6.07) is 17.0. The molecule has 6 heteroatoms. The highest BCUT2D eigenvalue weighted by atomic mass is 32.1. The van der Waals surface area contributed by atoms with Crippen molar-refractivity contribution in [1.29, 1.82) is 0 Å². The van der Waals surface area contributed by atoms with E-state index in [4.69, 9.17) is 5.11 Å². The molecule has 0 atom stereocenters. The van der Waals surface area contributed by atoms with Gasteiger partial charge in [0.05, 0.1) is 17.5 Å². The van der Waals surface area contributed by atoms with Crippen LogP contribution in [-0.2, 0) is 11.2 Å². The second kappa shape index (κ2) is 7.09. The summed E-state index contributed by atoms with van der Waals surface area (Å²) in [5.74, 6) is -0.997. The number of aromatic nitrogens is 1. The number of nitrogens with zero attached hydrogens (tertiary/aromatic N) is 1. The number of nitrogens with one attached hydrogen (secondary N) is 1. The molecule has 134 valence electrons. The molecule has 2 aromatic heterocycles. The Morgan fingerprint density at radius 3 is 2.52 bits per heavy atom. The van der Waals surface area contributed by atoms with Crippen molar-refractivity contribution in [3.05, 3.63) is 82.7 Å². The molecule has 0 fully saturated rings. The summed E-state index contributed by atoms with van der Waals surface area (Å²) in [5, 5.41) is 16.6. The van der Waals surface area contributed by atoms with Gasteiger partial charge in [0.2, 0.25) is 0 Å². The zero-order valence-electron chi connectivity index (χ0n) is 14.3. The van der Waals surface area contributed by atoms with Crippen LogP contribution in [0.3, 0.4) is 0 Å². The van der Waals surface area contributed by atoms with Crippen LogP contribution >= 0.6 is 11.3 Å². The van der Waals surface area contributed by atoms with Crippen molar-refractivity contribution in [3.63, 3.8) is 0 Å². The Kier molecular flexibility index (Phi) is 4.48. The fourth-order valence-electron chi connectivity index (χ4n) is 3.07. The van der Waals surface area contributed by atoms with E-state index in [2.05, 4.69) is 5.32 Å². The Morgan fingerprint density at radius 2 is 1.81 bits per heavy atom. The highest BCUT2D eigenvalue weighted by Gasteiger charge is 2.12. The van der Waals surface area contributed by atoms with Crippen molar-refractivity contribution in [1.82, 2.24) is 4.57 Å². The zero-order chi connectivity index (χ0) is 18.8. The zero-order valence-corrected chi connectivity index (χ0v) is 15.1. The second-order valence-corrected chi connectivity index (χ2v) is 6.91. The highest BCUT2D eigenvalue weighted by Crippen LogP contribution is 2.26. The molecule has 2 heterocycles. The third-order valence-corrected chi connectivity index (χ3v) is 5.01. The molecule has 0 radical (unpaired) electrons. The first-order valence-electron chi connectivity index (χ1n) is 8.36. The Morgan fingerprint density at radius 1 is 1.04 bits per heavy atom. The van der Waals surface area contributed by atoms with E-state index in [0.717, 1.165) is 22.2 Å². The number of hydrogen-bond acceptors (Lipinski definition) is 3. The van der Waals surface area contributed by atoms with Crippen LogP contribution in [0.5, 0.6) is 0 Å². The number of rotatable bonds is 5. The molecule has 0 saturated carbocycles. The molecular weight excluding hydrogens is 360 g/mol. The van der Waals surface area contributed by atoms with Gasteiger partial charge in [-0.15, -0.1) is 0 Å². The lowest BCUT2D eigenvalue weighted by atomic mass is 10.1. The van der Waals surface area contributed by atoms with Crippen molar-refractivity contribution in [2.75, 3.05) is 5.32 Å². The Balaban J connectivity index is 1.64. The molecule has 0 aliphatic heterocycles. The van der Waals surface area contributed by atoms with Gasteiger partial charge in [-0.2, -0.15) is 11.3 Å². The van der Waals surface area contributed by atoms with Crippen LogP contribution in [-0.4, -0.2) is 21.6 Å². The summed E-state index contributed by atoms with van der Waals surface area (Å²) in [6.07, 6.45) is 1.83. The lowest BCUT2D eigenvalue weighted by molar-refractivity contribution is -0.136. The van der Waals surface area contributed by atoms with Gasteiger partial charge in [-0.05, 0) is 47.3 Å². The molecule has 0 unspecified atom stereocenters. The van der Waals surface area contributed by atoms with Gasteiger partial charge in [-0.25, -0.2) is 0 Å². The number of para-hydroxylation sites is 1. The molecule has 0 aliphatic carbocycles. The first kappa shape index (κ1) is 17.1. The van der Waals surface area contributed by atoms with Crippen LogP contribution in [0.15, 0.2) is 71.6 Å². The lowest BCUT2D eigenvalue weighted by Gasteiger charge is -2.08. The maximum atomic E-state index is 12.1. The van der Waals surface area contributed by atoms with Gasteiger partial charge in [-0.1, -0.05) is 18.2 Å². The number of aliphatic carboxylic acids is 1. The number of carboxylic acid groups (broad SMARTS) is 1. The van der Waals surface area contributed by atoms with Gasteiger partial charge in [0.1, 0.15) is 0 Å². The molecule has 4 aromatic rings. The van der Waals surface area contributed by atoms with Gasteiger partial charge < -0.3 is 15.0 Å². The van der Waals surface area contributed by atoms with Gasteiger partial charge in [-0.3, -0.25) is 9.59 Å². The first-order chi connectivity index (χ1) is 13.1. The molecule has 0 bridgehead atoms. The minimum atomic E-state index is -0.857. The Hall–Kier alpha value is -3.38. The second-order valence-electron chi connectivity index (χ2n) is 6.13. The van der Waals surface area contributed by atoms with Crippen LogP contribution in [0.1, 0.15) is 15.9 Å². The number of hydrogen-bond donors (Lipinski definition) is 2. The number of carboxylic acids is 1. The number of fused-ring (bicyclic) bond motifs is 1. The number of carbonyl (C=O) groups is 2. The maximum absolute atomic E-state index is 12.1. The van der Waals surface area contributed by atoms with E-state index in [9.17, 15) is 9.59 Å². The summed E-state index contributed by atoms with van der Waals surface area (Å²) >= 11 is 1.48. The Labute approximate surface area is 159 Å². The smallest absolute Gasteiger partial charge is 0.307 e. The summed E-state index contributed by atoms with van der Waals surface area (Å²) in [5.41, 5.74) is 3.96. The molecule has 0 aliphatic rings. The predicted molar refractivity (Wildman–Crippen MR) is 107 cm³/mol. The third kappa shape index (κ3) is 3.47. The van der Waals surface area contributed by atoms with Crippen molar-refractivity contribution in [3.8, 4) is 5.69 Å². The van der Waals surface area contributed by atoms with Crippen molar-refractivity contribution < 1.29 is 14.7 Å². The minimum absolute atomic E-state index is 0.0255. The maximum Gasteiger partial charge on any atom is 0.307 e. The van der Waals surface area contributed by atoms with Gasteiger partial charge in [0.15, 0.2) is 0 Å². The molecule has 1 amide bonds. The van der Waals surface area contributed by atoms with Crippen LogP contribution in [0.2, 0.25) is 0 Å². The molecule has 2 N–H and O–H groups in total. The molecular formula is C21H16N2O3S. The third-order valence-electron chi connectivity index (χ3n) is 4.32. The number of thiophene rings is 1. The summed E-state index contributed by atoms with van der Waals surface area (Å²) < 4.78 is 1.97. The average molecular weight is 376 g/mol. The quantitative estimate of drug-likeness (QED) is 0.536. The van der Waals surface area contributed by atoms with Crippen LogP contribution in [0, 0.1) is 0 Å². The topological polar surface area (TPSA) is 71.3 Å².